The first-order valence-electron chi connectivity index (χ1n) is 9.16. The third-order valence-corrected chi connectivity index (χ3v) is 7.42. The monoisotopic (exact) mass is 390 g/mol. The number of hydrogen-bond donors (Lipinski definition) is 2. The molecule has 0 aromatic rings. The molecule has 9 heteroatoms. The highest BCUT2D eigenvalue weighted by atomic mass is 16.7. The molecule has 6 rings (SSSR count). The van der Waals surface area contributed by atoms with Crippen LogP contribution in [0.4, 0.5) is 0 Å². The van der Waals surface area contributed by atoms with E-state index in [-0.39, 0.29) is 11.3 Å². The number of fused-ring (bicyclic) bond motifs is 1. The van der Waals surface area contributed by atoms with E-state index in [4.69, 9.17) is 18.9 Å². The van der Waals surface area contributed by atoms with Crippen molar-refractivity contribution in [3.8, 4) is 0 Å². The van der Waals surface area contributed by atoms with E-state index in [2.05, 4.69) is 0 Å². The smallest absolute Gasteiger partial charge is 0.344 e. The average molecular weight is 390 g/mol. The predicted octanol–water partition coefficient (Wildman–Crippen LogP) is -0.685. The maximum atomic E-state index is 13.1. The van der Waals surface area contributed by atoms with Gasteiger partial charge >= 0.3 is 17.9 Å². The van der Waals surface area contributed by atoms with Crippen LogP contribution in [0.5, 0.6) is 0 Å². The fourth-order valence-electron chi connectivity index (χ4n) is 6.93. The van der Waals surface area contributed by atoms with Gasteiger partial charge in [0.05, 0.1) is 16.9 Å². The lowest BCUT2D eigenvalue weighted by atomic mass is 9.52. The van der Waals surface area contributed by atoms with Crippen LogP contribution in [-0.2, 0) is 33.3 Å². The van der Waals surface area contributed by atoms with Crippen LogP contribution in [-0.4, -0.2) is 58.3 Å². The highest BCUT2D eigenvalue weighted by molar-refractivity contribution is 6.00. The maximum absolute atomic E-state index is 13.1. The molecule has 9 nitrogen and oxygen atoms in total. The Labute approximate surface area is 158 Å². The van der Waals surface area contributed by atoms with Crippen molar-refractivity contribution in [2.75, 3.05) is 0 Å². The number of carbonyl (C=O) groups is 3. The Morgan fingerprint density at radius 3 is 2.50 bits per heavy atom. The van der Waals surface area contributed by atoms with Crippen LogP contribution in [0.25, 0.3) is 0 Å². The molecule has 1 saturated carbocycles. The van der Waals surface area contributed by atoms with Crippen LogP contribution in [0, 0.1) is 22.2 Å². The third-order valence-electron chi connectivity index (χ3n) is 7.42. The van der Waals surface area contributed by atoms with E-state index in [0.717, 1.165) is 6.08 Å². The standard InChI is InChI=1S/C19H18O9/c1-16(2,3)10-9(21)12-17-5-7-6(4-8(20)25-7)19(17,14(24)26-12)28-15-18(10,17)11(22)13(23)27-15/h4-5,9-12,15,21-22H,1-3H3/t9-,10?,11+,12?,15+,17?,18?,19-/m1/s1. The minimum atomic E-state index is -1.81. The molecule has 3 saturated heterocycles. The van der Waals surface area contributed by atoms with Gasteiger partial charge in [0.25, 0.3) is 0 Å². The van der Waals surface area contributed by atoms with Gasteiger partial charge in [-0.15, -0.1) is 0 Å². The van der Waals surface area contributed by atoms with Gasteiger partial charge in [-0.25, -0.2) is 14.4 Å². The number of ether oxygens (including phenoxy) is 4. The normalized spacial score (nSPS) is 52.5. The van der Waals surface area contributed by atoms with Crippen molar-refractivity contribution in [1.82, 2.24) is 0 Å². The molecule has 0 aromatic heterocycles. The molecule has 4 unspecified atom stereocenters. The molecule has 2 N–H and O–H groups in total. The van der Waals surface area contributed by atoms with E-state index >= 15 is 0 Å². The Morgan fingerprint density at radius 2 is 1.82 bits per heavy atom. The number of esters is 3. The van der Waals surface area contributed by atoms with Crippen LogP contribution >= 0.6 is 0 Å². The first-order valence-corrected chi connectivity index (χ1v) is 9.16. The van der Waals surface area contributed by atoms with Gasteiger partial charge in [-0.3, -0.25) is 0 Å². The van der Waals surface area contributed by atoms with Crippen molar-refractivity contribution in [3.05, 3.63) is 23.5 Å². The number of rotatable bonds is 0. The van der Waals surface area contributed by atoms with E-state index in [0.29, 0.717) is 0 Å². The SMILES string of the molecule is CC(C)(C)C1[C@@H](O)C2OC(=O)[C@@]34O[C@@H]5OC(=O)[C@H](O)C15C23C=C1OC(=O)C=C14. The van der Waals surface area contributed by atoms with Crippen LogP contribution in [0.1, 0.15) is 20.8 Å². The number of aliphatic hydroxyl groups is 2. The van der Waals surface area contributed by atoms with E-state index in [1.165, 1.54) is 6.08 Å². The summed E-state index contributed by atoms with van der Waals surface area (Å²) >= 11 is 0. The van der Waals surface area contributed by atoms with Crippen LogP contribution < -0.4 is 0 Å². The highest BCUT2D eigenvalue weighted by Gasteiger charge is 2.97. The number of hydrogen-bond acceptors (Lipinski definition) is 9. The van der Waals surface area contributed by atoms with E-state index < -0.39 is 70.3 Å². The van der Waals surface area contributed by atoms with Gasteiger partial charge in [-0.1, -0.05) is 20.8 Å². The summed E-state index contributed by atoms with van der Waals surface area (Å²) in [6, 6.07) is 0. The summed E-state index contributed by atoms with van der Waals surface area (Å²) in [5, 5.41) is 22.4. The molecule has 2 aliphatic carbocycles. The Kier molecular flexibility index (Phi) is 2.50. The molecule has 0 radical (unpaired) electrons. The minimum Gasteiger partial charge on any atom is -0.456 e. The molecule has 6 aliphatic rings. The molecule has 8 atom stereocenters. The zero-order chi connectivity index (χ0) is 20.0. The molecule has 28 heavy (non-hydrogen) atoms. The summed E-state index contributed by atoms with van der Waals surface area (Å²) < 4.78 is 22.3. The molecule has 0 amide bonds. The molecular formula is C19H18O9. The second kappa shape index (κ2) is 4.19. The zero-order valence-electron chi connectivity index (χ0n) is 15.3. The van der Waals surface area contributed by atoms with Crippen molar-refractivity contribution in [1.29, 1.82) is 0 Å². The van der Waals surface area contributed by atoms with Crippen LogP contribution in [0.3, 0.4) is 0 Å². The zero-order valence-corrected chi connectivity index (χ0v) is 15.3. The summed E-state index contributed by atoms with van der Waals surface area (Å²) in [6.07, 6.45) is -2.51. The van der Waals surface area contributed by atoms with Crippen molar-refractivity contribution in [2.45, 2.75) is 51.0 Å². The fraction of sp³-hybridized carbons (Fsp3) is 0.632. The summed E-state index contributed by atoms with van der Waals surface area (Å²) in [7, 11) is 0. The molecule has 4 heterocycles. The molecule has 4 aliphatic heterocycles. The topological polar surface area (TPSA) is 129 Å². The third kappa shape index (κ3) is 1.24. The van der Waals surface area contributed by atoms with E-state index in [9.17, 15) is 24.6 Å². The van der Waals surface area contributed by atoms with Gasteiger partial charge < -0.3 is 29.2 Å². The van der Waals surface area contributed by atoms with Crippen molar-refractivity contribution >= 4 is 17.9 Å². The summed E-state index contributed by atoms with van der Waals surface area (Å²) in [5.74, 6) is -2.90. The largest absolute Gasteiger partial charge is 0.456 e. The molecular weight excluding hydrogens is 372 g/mol. The van der Waals surface area contributed by atoms with Gasteiger partial charge in [-0.05, 0) is 11.5 Å². The van der Waals surface area contributed by atoms with Gasteiger partial charge in [0.1, 0.15) is 11.9 Å². The Morgan fingerprint density at radius 1 is 1.11 bits per heavy atom. The van der Waals surface area contributed by atoms with Crippen molar-refractivity contribution < 1.29 is 43.5 Å². The molecule has 0 aromatic carbocycles. The second-order valence-corrected chi connectivity index (χ2v) is 9.42. The average Bonchev–Trinajstić information content (AvgIpc) is 3.29. The lowest BCUT2D eigenvalue weighted by Gasteiger charge is -2.45. The first-order chi connectivity index (χ1) is 13.0. The molecule has 148 valence electrons. The summed E-state index contributed by atoms with van der Waals surface area (Å²) in [6.45, 7) is 5.60. The molecule has 0 bridgehead atoms. The van der Waals surface area contributed by atoms with Gasteiger partial charge in [-0.2, -0.15) is 0 Å². The number of carbonyl (C=O) groups excluding carboxylic acids is 3. The van der Waals surface area contributed by atoms with Gasteiger partial charge in [0.15, 0.2) is 6.10 Å². The van der Waals surface area contributed by atoms with Gasteiger partial charge in [0.2, 0.25) is 11.9 Å². The maximum Gasteiger partial charge on any atom is 0.344 e. The van der Waals surface area contributed by atoms with Crippen LogP contribution in [0.15, 0.2) is 23.5 Å². The van der Waals surface area contributed by atoms with E-state index in [1.807, 2.05) is 20.8 Å². The quantitative estimate of drug-likeness (QED) is 0.408. The Bertz CT molecular complexity index is 957. The van der Waals surface area contributed by atoms with Crippen molar-refractivity contribution in [3.63, 3.8) is 0 Å². The lowest BCUT2D eigenvalue weighted by Crippen LogP contribution is -2.57. The summed E-state index contributed by atoms with van der Waals surface area (Å²) in [4.78, 5) is 37.3. The predicted molar refractivity (Wildman–Crippen MR) is 85.7 cm³/mol. The van der Waals surface area contributed by atoms with Crippen molar-refractivity contribution in [2.24, 2.45) is 22.2 Å². The molecule has 2 spiro atoms. The first kappa shape index (κ1) is 16.7. The summed E-state index contributed by atoms with van der Waals surface area (Å²) in [5.41, 5.74) is -5.16. The second-order valence-electron chi connectivity index (χ2n) is 9.42. The minimum absolute atomic E-state index is 0.137. The Hall–Kier alpha value is -2.23. The van der Waals surface area contributed by atoms with E-state index in [1.54, 1.807) is 0 Å². The lowest BCUT2D eigenvalue weighted by molar-refractivity contribution is -0.191. The molecule has 4 fully saturated rings. The Balaban J connectivity index is 1.74. The van der Waals surface area contributed by atoms with Crippen LogP contribution in [0.2, 0.25) is 0 Å². The highest BCUT2D eigenvalue weighted by Crippen LogP contribution is 2.82. The fourth-order valence-corrected chi connectivity index (χ4v) is 6.93. The number of aliphatic hydroxyl groups excluding tert-OH is 2. The van der Waals surface area contributed by atoms with Gasteiger partial charge in [0, 0.05) is 17.6 Å².